The third kappa shape index (κ3) is 2.25. The van der Waals surface area contributed by atoms with E-state index in [2.05, 4.69) is 23.0 Å². The van der Waals surface area contributed by atoms with Crippen molar-refractivity contribution in [3.63, 3.8) is 0 Å². The van der Waals surface area contributed by atoms with Crippen LogP contribution in [0.4, 0.5) is 0 Å². The Morgan fingerprint density at radius 1 is 1.31 bits per heavy atom. The Hall–Kier alpha value is -1.44. The lowest BCUT2D eigenvalue weighted by Crippen LogP contribution is -1.99. The first-order valence-electron chi connectivity index (χ1n) is 4.31. The fourth-order valence-electron chi connectivity index (χ4n) is 1.19. The minimum Gasteiger partial charge on any atom is -0.270 e. The fourth-order valence-corrected chi connectivity index (χ4v) is 1.19. The number of nitrogens with zero attached hydrogens (tertiary/aromatic N) is 2. The molecule has 0 N–H and O–H groups in total. The number of benzene rings is 1. The van der Waals surface area contributed by atoms with Crippen molar-refractivity contribution in [1.82, 2.24) is 0 Å². The van der Waals surface area contributed by atoms with E-state index in [9.17, 15) is 0 Å². The number of hydrogen-bond donors (Lipinski definition) is 0. The average molecular weight is 174 g/mol. The van der Waals surface area contributed by atoms with Crippen LogP contribution in [-0.4, -0.2) is 19.1 Å². The monoisotopic (exact) mass is 174 g/mol. The van der Waals surface area contributed by atoms with Crippen LogP contribution in [0.25, 0.3) is 0 Å². The molecule has 0 spiro atoms. The highest BCUT2D eigenvalue weighted by Crippen LogP contribution is 2.08. The van der Waals surface area contributed by atoms with Gasteiger partial charge >= 0.3 is 0 Å². The highest BCUT2D eigenvalue weighted by atomic mass is 14.9. The van der Waals surface area contributed by atoms with Gasteiger partial charge in [0.05, 0.1) is 0 Å². The summed E-state index contributed by atoms with van der Waals surface area (Å²) >= 11 is 0. The van der Waals surface area contributed by atoms with Gasteiger partial charge in [-0.05, 0) is 19.4 Å². The Balaban J connectivity index is 3.13. The average Bonchev–Trinajstić information content (AvgIpc) is 2.16. The molecular weight excluding hydrogens is 160 g/mol. The summed E-state index contributed by atoms with van der Waals surface area (Å²) in [6, 6.07) is 8.11. The van der Waals surface area contributed by atoms with Gasteiger partial charge in [0.2, 0.25) is 0 Å². The predicted molar refractivity (Wildman–Crippen MR) is 57.8 cm³/mol. The molecule has 2 heteroatoms. The lowest BCUT2D eigenvalue weighted by atomic mass is 10.1. The molecule has 0 heterocycles. The van der Waals surface area contributed by atoms with Crippen LogP contribution in [0.1, 0.15) is 18.1 Å². The summed E-state index contributed by atoms with van der Waals surface area (Å²) in [4.78, 5) is 8.33. The van der Waals surface area contributed by atoms with Crippen molar-refractivity contribution in [1.29, 1.82) is 0 Å². The number of rotatable bonds is 1. The van der Waals surface area contributed by atoms with Crippen LogP contribution < -0.4 is 0 Å². The molecule has 68 valence electrons. The molecule has 0 aromatic heterocycles. The van der Waals surface area contributed by atoms with E-state index < -0.39 is 0 Å². The van der Waals surface area contributed by atoms with Crippen LogP contribution in [0, 0.1) is 6.92 Å². The normalized spacial score (nSPS) is 12.4. The topological polar surface area (TPSA) is 24.7 Å². The number of hydrogen-bond acceptors (Lipinski definition) is 1. The van der Waals surface area contributed by atoms with E-state index in [4.69, 9.17) is 0 Å². The largest absolute Gasteiger partial charge is 0.270 e. The molecule has 0 saturated heterocycles. The zero-order valence-electron chi connectivity index (χ0n) is 8.28. The SMILES string of the molecule is C/C=N\C(=N/C)c1ccccc1C. The molecule has 0 amide bonds. The van der Waals surface area contributed by atoms with Crippen molar-refractivity contribution >= 4 is 12.1 Å². The first-order valence-corrected chi connectivity index (χ1v) is 4.31. The molecule has 0 aliphatic carbocycles. The maximum atomic E-state index is 4.20. The minimum absolute atomic E-state index is 0.792. The predicted octanol–water partition coefficient (Wildman–Crippen LogP) is 2.46. The molecule has 0 saturated carbocycles. The highest BCUT2D eigenvalue weighted by Gasteiger charge is 2.01. The molecule has 0 radical (unpaired) electrons. The Morgan fingerprint density at radius 2 is 2.00 bits per heavy atom. The van der Waals surface area contributed by atoms with E-state index >= 15 is 0 Å². The summed E-state index contributed by atoms with van der Waals surface area (Å²) in [5, 5.41) is 0. The van der Waals surface area contributed by atoms with Crippen LogP contribution in [-0.2, 0) is 0 Å². The van der Waals surface area contributed by atoms with Gasteiger partial charge in [-0.1, -0.05) is 24.3 Å². The molecule has 0 aliphatic heterocycles. The number of amidine groups is 1. The van der Waals surface area contributed by atoms with E-state index in [1.165, 1.54) is 5.56 Å². The Labute approximate surface area is 79.0 Å². The molecular formula is C11H14N2. The van der Waals surface area contributed by atoms with Crippen LogP contribution in [0.3, 0.4) is 0 Å². The van der Waals surface area contributed by atoms with Crippen LogP contribution >= 0.6 is 0 Å². The summed E-state index contributed by atoms with van der Waals surface area (Å²) in [6.07, 6.45) is 1.76. The third-order valence-corrected chi connectivity index (χ3v) is 1.85. The lowest BCUT2D eigenvalue weighted by molar-refractivity contribution is 1.35. The molecule has 0 aliphatic rings. The molecule has 2 nitrogen and oxygen atoms in total. The van der Waals surface area contributed by atoms with Gasteiger partial charge in [0, 0.05) is 18.8 Å². The second kappa shape index (κ2) is 4.55. The first-order chi connectivity index (χ1) is 6.29. The summed E-state index contributed by atoms with van der Waals surface area (Å²) < 4.78 is 0. The Kier molecular flexibility index (Phi) is 3.38. The van der Waals surface area contributed by atoms with Crippen LogP contribution in [0.2, 0.25) is 0 Å². The second-order valence-electron chi connectivity index (χ2n) is 2.75. The maximum Gasteiger partial charge on any atom is 0.154 e. The maximum absolute atomic E-state index is 4.20. The third-order valence-electron chi connectivity index (χ3n) is 1.85. The van der Waals surface area contributed by atoms with E-state index in [-0.39, 0.29) is 0 Å². The second-order valence-corrected chi connectivity index (χ2v) is 2.75. The molecule has 1 aromatic carbocycles. The Morgan fingerprint density at radius 3 is 2.54 bits per heavy atom. The highest BCUT2D eigenvalue weighted by molar-refractivity contribution is 6.03. The van der Waals surface area contributed by atoms with E-state index in [1.54, 1.807) is 13.3 Å². The van der Waals surface area contributed by atoms with Crippen molar-refractivity contribution in [2.45, 2.75) is 13.8 Å². The van der Waals surface area contributed by atoms with Gasteiger partial charge in [-0.15, -0.1) is 0 Å². The van der Waals surface area contributed by atoms with Gasteiger partial charge in [-0.2, -0.15) is 0 Å². The fraction of sp³-hybridized carbons (Fsp3) is 0.273. The standard InChI is InChI=1S/C11H14N2/c1-4-13-11(12-3)10-8-6-5-7-9(10)2/h4-8H,1-3H3/b12-11-,13-4-. The van der Waals surface area contributed by atoms with Crippen molar-refractivity contribution < 1.29 is 0 Å². The van der Waals surface area contributed by atoms with Gasteiger partial charge in [0.25, 0.3) is 0 Å². The van der Waals surface area contributed by atoms with E-state index in [1.807, 2.05) is 25.1 Å². The lowest BCUT2D eigenvalue weighted by Gasteiger charge is -2.03. The van der Waals surface area contributed by atoms with Crippen molar-refractivity contribution in [2.24, 2.45) is 9.98 Å². The zero-order chi connectivity index (χ0) is 9.68. The first kappa shape index (κ1) is 9.65. The van der Waals surface area contributed by atoms with Gasteiger partial charge in [0.1, 0.15) is 0 Å². The van der Waals surface area contributed by atoms with E-state index in [0.717, 1.165) is 11.4 Å². The number of aliphatic imine (C=N–C) groups is 2. The summed E-state index contributed by atoms with van der Waals surface area (Å²) in [7, 11) is 1.76. The van der Waals surface area contributed by atoms with Crippen LogP contribution in [0.5, 0.6) is 0 Å². The van der Waals surface area contributed by atoms with Crippen molar-refractivity contribution in [3.8, 4) is 0 Å². The quantitative estimate of drug-likeness (QED) is 0.461. The zero-order valence-corrected chi connectivity index (χ0v) is 8.28. The van der Waals surface area contributed by atoms with E-state index in [0.29, 0.717) is 0 Å². The summed E-state index contributed by atoms with van der Waals surface area (Å²) in [5.74, 6) is 0.792. The Bertz CT molecular complexity index is 338. The molecule has 0 unspecified atom stereocenters. The summed E-state index contributed by atoms with van der Waals surface area (Å²) in [5.41, 5.74) is 2.30. The summed E-state index contributed by atoms with van der Waals surface area (Å²) in [6.45, 7) is 3.95. The smallest absolute Gasteiger partial charge is 0.154 e. The molecule has 1 aromatic rings. The molecule has 0 fully saturated rings. The van der Waals surface area contributed by atoms with Gasteiger partial charge in [0.15, 0.2) is 5.84 Å². The number of aryl methyl sites for hydroxylation is 1. The van der Waals surface area contributed by atoms with Gasteiger partial charge < -0.3 is 0 Å². The van der Waals surface area contributed by atoms with Gasteiger partial charge in [-0.3, -0.25) is 4.99 Å². The molecule has 13 heavy (non-hydrogen) atoms. The van der Waals surface area contributed by atoms with Crippen molar-refractivity contribution in [2.75, 3.05) is 7.05 Å². The van der Waals surface area contributed by atoms with Crippen LogP contribution in [0.15, 0.2) is 34.3 Å². The molecule has 0 atom stereocenters. The van der Waals surface area contributed by atoms with Crippen molar-refractivity contribution in [3.05, 3.63) is 35.4 Å². The minimum atomic E-state index is 0.792. The molecule has 0 bridgehead atoms. The van der Waals surface area contributed by atoms with Gasteiger partial charge in [-0.25, -0.2) is 4.99 Å². The molecule has 1 rings (SSSR count).